The SMILES string of the molecule is CC(O)[C@H](NC(=O)COCCOCCNC(=O)[C@H](CO)NC(=O)N[C@H](CCC(=O)O)C(N)=O)C(N)=O. The van der Waals surface area contributed by atoms with Crippen LogP contribution in [0.1, 0.15) is 19.8 Å². The van der Waals surface area contributed by atoms with Crippen molar-refractivity contribution in [2.75, 3.05) is 39.6 Å². The van der Waals surface area contributed by atoms with Gasteiger partial charge in [-0.25, -0.2) is 4.79 Å². The molecule has 0 spiro atoms. The van der Waals surface area contributed by atoms with Crippen molar-refractivity contribution in [3.8, 4) is 0 Å². The summed E-state index contributed by atoms with van der Waals surface area (Å²) in [5.74, 6) is -4.47. The second-order valence-corrected chi connectivity index (χ2v) is 7.38. The van der Waals surface area contributed by atoms with Crippen molar-refractivity contribution in [2.45, 2.75) is 44.0 Å². The van der Waals surface area contributed by atoms with Crippen LogP contribution in [-0.4, -0.2) is 115 Å². The van der Waals surface area contributed by atoms with Gasteiger partial charge in [0.05, 0.1) is 32.5 Å². The van der Waals surface area contributed by atoms with E-state index in [-0.39, 0.29) is 32.8 Å². The predicted molar refractivity (Wildman–Crippen MR) is 120 cm³/mol. The van der Waals surface area contributed by atoms with Crippen LogP contribution in [0.5, 0.6) is 0 Å². The van der Waals surface area contributed by atoms with E-state index in [2.05, 4.69) is 21.3 Å². The average Bonchev–Trinajstić information content (AvgIpc) is 2.79. The lowest BCUT2D eigenvalue weighted by atomic mass is 10.1. The third kappa shape index (κ3) is 14.7. The van der Waals surface area contributed by atoms with Gasteiger partial charge in [-0.2, -0.15) is 0 Å². The minimum atomic E-state index is -1.37. The summed E-state index contributed by atoms with van der Waals surface area (Å²) >= 11 is 0. The Balaban J connectivity index is 4.16. The third-order valence-electron chi connectivity index (χ3n) is 4.36. The van der Waals surface area contributed by atoms with Crippen LogP contribution in [0.25, 0.3) is 0 Å². The first-order chi connectivity index (χ1) is 16.9. The number of aliphatic hydroxyl groups excluding tert-OH is 2. The molecule has 0 aliphatic heterocycles. The number of aliphatic hydroxyl groups is 2. The molecule has 0 rings (SSSR count). The summed E-state index contributed by atoms with van der Waals surface area (Å²) in [6, 6.07) is -4.91. The molecule has 0 saturated carbocycles. The van der Waals surface area contributed by atoms with Crippen LogP contribution < -0.4 is 32.7 Å². The van der Waals surface area contributed by atoms with Gasteiger partial charge in [0.15, 0.2) is 0 Å². The molecule has 0 heterocycles. The molecule has 206 valence electrons. The van der Waals surface area contributed by atoms with Crippen LogP contribution in [0.2, 0.25) is 0 Å². The van der Waals surface area contributed by atoms with E-state index in [0.29, 0.717) is 0 Å². The molecule has 11 N–H and O–H groups in total. The molecule has 1 unspecified atom stereocenters. The van der Waals surface area contributed by atoms with Gasteiger partial charge in [0.25, 0.3) is 0 Å². The first-order valence-corrected chi connectivity index (χ1v) is 10.8. The van der Waals surface area contributed by atoms with Gasteiger partial charge in [-0.1, -0.05) is 0 Å². The van der Waals surface area contributed by atoms with E-state index >= 15 is 0 Å². The summed E-state index contributed by atoms with van der Waals surface area (Å²) in [4.78, 5) is 68.7. The van der Waals surface area contributed by atoms with Crippen LogP contribution >= 0.6 is 0 Å². The monoisotopic (exact) mass is 522 g/mol. The first-order valence-electron chi connectivity index (χ1n) is 10.8. The maximum Gasteiger partial charge on any atom is 0.316 e. The van der Waals surface area contributed by atoms with E-state index in [1.165, 1.54) is 6.92 Å². The van der Waals surface area contributed by atoms with Gasteiger partial charge in [0, 0.05) is 13.0 Å². The molecule has 0 aromatic carbocycles. The number of carboxylic acid groups (broad SMARTS) is 1. The Labute approximate surface area is 206 Å². The standard InChI is InChI=1S/C19H34N6O11/c1-10(27)15(17(21)32)25-13(28)9-36-7-6-35-5-4-22-18(33)12(8-26)24-19(34)23-11(16(20)31)2-3-14(29)30/h10-12,15,26-27H,2-9H2,1H3,(H2,20,31)(H2,21,32)(H,22,33)(H,25,28)(H,29,30)(H2,23,24,34)/t10?,11-,12+,15+/m1/s1. The number of ether oxygens (including phenoxy) is 2. The van der Waals surface area contributed by atoms with Crippen LogP contribution in [0.15, 0.2) is 0 Å². The van der Waals surface area contributed by atoms with Crippen molar-refractivity contribution in [3.05, 3.63) is 0 Å². The summed E-state index contributed by atoms with van der Waals surface area (Å²) in [5.41, 5.74) is 10.2. The van der Waals surface area contributed by atoms with Crippen molar-refractivity contribution in [2.24, 2.45) is 11.5 Å². The maximum absolute atomic E-state index is 12.1. The van der Waals surface area contributed by atoms with Gasteiger partial charge in [0.1, 0.15) is 24.7 Å². The normalized spacial score (nSPS) is 14.0. The number of carbonyl (C=O) groups excluding carboxylic acids is 5. The van der Waals surface area contributed by atoms with E-state index in [0.717, 1.165) is 0 Å². The number of amides is 6. The minimum Gasteiger partial charge on any atom is -0.481 e. The van der Waals surface area contributed by atoms with E-state index in [1.54, 1.807) is 0 Å². The van der Waals surface area contributed by atoms with Crippen molar-refractivity contribution >= 4 is 35.6 Å². The zero-order valence-corrected chi connectivity index (χ0v) is 19.7. The topological polar surface area (TPSA) is 282 Å². The molecule has 36 heavy (non-hydrogen) atoms. The number of aliphatic carboxylic acids is 1. The van der Waals surface area contributed by atoms with Crippen molar-refractivity contribution < 1.29 is 53.6 Å². The van der Waals surface area contributed by atoms with Crippen molar-refractivity contribution in [1.29, 1.82) is 0 Å². The Kier molecular flexibility index (Phi) is 16.1. The molecule has 0 aromatic heterocycles. The number of hydrogen-bond donors (Lipinski definition) is 9. The Morgan fingerprint density at radius 2 is 1.50 bits per heavy atom. The molecule has 0 fully saturated rings. The molecule has 0 radical (unpaired) electrons. The molecular formula is C19H34N6O11. The molecule has 0 aliphatic carbocycles. The van der Waals surface area contributed by atoms with Crippen molar-refractivity contribution in [1.82, 2.24) is 21.3 Å². The highest BCUT2D eigenvalue weighted by Crippen LogP contribution is 1.97. The second-order valence-electron chi connectivity index (χ2n) is 7.38. The number of carbonyl (C=O) groups is 6. The van der Waals surface area contributed by atoms with Crippen LogP contribution in [0, 0.1) is 0 Å². The number of nitrogens with one attached hydrogen (secondary N) is 4. The fourth-order valence-corrected chi connectivity index (χ4v) is 2.50. The average molecular weight is 523 g/mol. The molecule has 17 heteroatoms. The summed E-state index contributed by atoms with van der Waals surface area (Å²) in [7, 11) is 0. The highest BCUT2D eigenvalue weighted by atomic mass is 16.5. The Hall–Kier alpha value is -3.54. The lowest BCUT2D eigenvalue weighted by molar-refractivity contribution is -0.137. The quantitative estimate of drug-likeness (QED) is 0.0723. The molecule has 4 atom stereocenters. The number of hydrogen-bond acceptors (Lipinski definition) is 10. The van der Waals surface area contributed by atoms with Crippen LogP contribution in [-0.2, 0) is 33.4 Å². The summed E-state index contributed by atoms with van der Waals surface area (Å²) in [6.07, 6.45) is -1.85. The van der Waals surface area contributed by atoms with Crippen molar-refractivity contribution in [3.63, 3.8) is 0 Å². The molecule has 0 aliphatic rings. The fraction of sp³-hybridized carbons (Fsp3) is 0.684. The van der Waals surface area contributed by atoms with E-state index < -0.39 is 79.5 Å². The Bertz CT molecular complexity index is 764. The van der Waals surface area contributed by atoms with Gasteiger partial charge in [-0.15, -0.1) is 0 Å². The Morgan fingerprint density at radius 1 is 0.889 bits per heavy atom. The lowest BCUT2D eigenvalue weighted by Gasteiger charge is -2.19. The number of rotatable bonds is 19. The fourth-order valence-electron chi connectivity index (χ4n) is 2.50. The van der Waals surface area contributed by atoms with E-state index in [9.17, 15) is 39.0 Å². The number of nitrogens with two attached hydrogens (primary N) is 2. The minimum absolute atomic E-state index is 0.00117. The highest BCUT2D eigenvalue weighted by Gasteiger charge is 2.24. The predicted octanol–water partition coefficient (Wildman–Crippen LogP) is -5.13. The zero-order chi connectivity index (χ0) is 27.7. The highest BCUT2D eigenvalue weighted by molar-refractivity contribution is 5.90. The van der Waals surface area contributed by atoms with Gasteiger partial charge in [-0.3, -0.25) is 24.0 Å². The van der Waals surface area contributed by atoms with Gasteiger partial charge < -0.3 is 57.5 Å². The summed E-state index contributed by atoms with van der Waals surface area (Å²) < 4.78 is 10.2. The molecule has 17 nitrogen and oxygen atoms in total. The number of urea groups is 1. The number of carboxylic acids is 1. The summed E-state index contributed by atoms with van der Waals surface area (Å²) in [5, 5.41) is 36.2. The Morgan fingerprint density at radius 3 is 2.03 bits per heavy atom. The van der Waals surface area contributed by atoms with E-state index in [4.69, 9.17) is 26.0 Å². The van der Waals surface area contributed by atoms with Crippen LogP contribution in [0.4, 0.5) is 4.79 Å². The molecule has 0 aromatic rings. The van der Waals surface area contributed by atoms with Crippen LogP contribution in [0.3, 0.4) is 0 Å². The molecule has 0 bridgehead atoms. The first kappa shape index (κ1) is 32.5. The second kappa shape index (κ2) is 17.8. The smallest absolute Gasteiger partial charge is 0.316 e. The van der Waals surface area contributed by atoms with Gasteiger partial charge in [-0.05, 0) is 13.3 Å². The third-order valence-corrected chi connectivity index (χ3v) is 4.36. The molecular weight excluding hydrogens is 488 g/mol. The van der Waals surface area contributed by atoms with E-state index in [1.807, 2.05) is 0 Å². The summed E-state index contributed by atoms with van der Waals surface area (Å²) in [6.45, 7) is 0.191. The molecule has 6 amide bonds. The largest absolute Gasteiger partial charge is 0.481 e. The van der Waals surface area contributed by atoms with Gasteiger partial charge >= 0.3 is 12.0 Å². The number of primary amides is 2. The molecule has 0 saturated heterocycles. The zero-order valence-electron chi connectivity index (χ0n) is 19.7. The lowest BCUT2D eigenvalue weighted by Crippen LogP contribution is -2.55. The van der Waals surface area contributed by atoms with Gasteiger partial charge in [0.2, 0.25) is 23.6 Å². The maximum atomic E-state index is 12.1.